The summed E-state index contributed by atoms with van der Waals surface area (Å²) in [6.45, 7) is 0.464. The molecule has 0 unspecified atom stereocenters. The highest BCUT2D eigenvalue weighted by atomic mass is 35.5. The number of halogens is 1. The average molecular weight is 524 g/mol. The Morgan fingerprint density at radius 2 is 1.34 bits per heavy atom. The lowest BCUT2D eigenvalue weighted by Crippen LogP contribution is -2.30. The molecule has 190 valence electrons. The van der Waals surface area contributed by atoms with Gasteiger partial charge in [-0.2, -0.15) is 0 Å². The third-order valence-electron chi connectivity index (χ3n) is 5.62. The van der Waals surface area contributed by atoms with Crippen LogP contribution in [0.4, 0.5) is 5.69 Å². The average Bonchev–Trinajstić information content (AvgIpc) is 2.94. The van der Waals surface area contributed by atoms with E-state index in [0.717, 1.165) is 11.1 Å². The number of nitrogens with one attached hydrogen (secondary N) is 3. The van der Waals surface area contributed by atoms with Crippen LogP contribution in [0.3, 0.4) is 0 Å². The lowest BCUT2D eigenvalue weighted by atomic mass is 10.1. The van der Waals surface area contributed by atoms with E-state index in [4.69, 9.17) is 11.6 Å². The second kappa shape index (κ2) is 13.0. The predicted octanol–water partition coefficient (Wildman–Crippen LogP) is 5.61. The van der Waals surface area contributed by atoms with Crippen LogP contribution in [-0.4, -0.2) is 17.7 Å². The van der Waals surface area contributed by atoms with Crippen molar-refractivity contribution in [3.63, 3.8) is 0 Å². The van der Waals surface area contributed by atoms with Crippen LogP contribution in [0.5, 0.6) is 0 Å². The van der Waals surface area contributed by atoms with Gasteiger partial charge in [-0.05, 0) is 59.2 Å². The molecular formula is C31H26ClN3O3. The summed E-state index contributed by atoms with van der Waals surface area (Å²) in [7, 11) is 0. The van der Waals surface area contributed by atoms with Gasteiger partial charge in [-0.15, -0.1) is 0 Å². The summed E-state index contributed by atoms with van der Waals surface area (Å²) in [6.07, 6.45) is 1.80. The summed E-state index contributed by atoms with van der Waals surface area (Å²) in [5.74, 6) is -0.988. The summed E-state index contributed by atoms with van der Waals surface area (Å²) in [5.41, 5.74) is 3.57. The van der Waals surface area contributed by atoms with Gasteiger partial charge < -0.3 is 16.0 Å². The normalized spacial score (nSPS) is 10.9. The summed E-state index contributed by atoms with van der Waals surface area (Å²) >= 11 is 5.98. The highest BCUT2D eigenvalue weighted by Gasteiger charge is 2.15. The molecule has 4 rings (SSSR count). The van der Waals surface area contributed by atoms with Crippen LogP contribution in [0, 0.1) is 0 Å². The van der Waals surface area contributed by atoms with Crippen LogP contribution in [0.1, 0.15) is 27.0 Å². The quantitative estimate of drug-likeness (QED) is 0.249. The van der Waals surface area contributed by atoms with Crippen molar-refractivity contribution < 1.29 is 14.4 Å². The molecule has 0 bridgehead atoms. The van der Waals surface area contributed by atoms with Gasteiger partial charge in [-0.25, -0.2) is 0 Å². The minimum Gasteiger partial charge on any atom is -0.352 e. The van der Waals surface area contributed by atoms with Crippen molar-refractivity contribution in [2.75, 3.05) is 5.32 Å². The van der Waals surface area contributed by atoms with E-state index in [1.165, 1.54) is 0 Å². The highest BCUT2D eigenvalue weighted by Crippen LogP contribution is 2.15. The molecule has 6 nitrogen and oxygen atoms in total. The molecule has 4 aromatic rings. The molecule has 0 saturated heterocycles. The minimum atomic E-state index is -0.488. The zero-order valence-corrected chi connectivity index (χ0v) is 21.2. The number of anilines is 1. The van der Waals surface area contributed by atoms with Crippen molar-refractivity contribution in [2.45, 2.75) is 13.0 Å². The molecule has 0 aliphatic rings. The number of amides is 3. The van der Waals surface area contributed by atoms with Crippen LogP contribution in [0.15, 0.2) is 115 Å². The SMILES string of the molecule is O=C(Cc1ccc(NC(=O)/C(=C/c2ccc(Cl)cc2)NC(=O)c2ccccc2)cc1)NCc1ccccc1. The van der Waals surface area contributed by atoms with Crippen LogP contribution >= 0.6 is 11.6 Å². The van der Waals surface area contributed by atoms with Gasteiger partial charge in [-0.1, -0.05) is 84.4 Å². The van der Waals surface area contributed by atoms with E-state index in [1.54, 1.807) is 78.9 Å². The van der Waals surface area contributed by atoms with E-state index in [0.29, 0.717) is 28.4 Å². The summed E-state index contributed by atoms with van der Waals surface area (Å²) in [5, 5.41) is 8.98. The maximum atomic E-state index is 13.1. The largest absolute Gasteiger partial charge is 0.352 e. The molecule has 0 fully saturated rings. The van der Waals surface area contributed by atoms with E-state index < -0.39 is 11.8 Å². The van der Waals surface area contributed by atoms with Gasteiger partial charge in [0.25, 0.3) is 11.8 Å². The number of hydrogen-bond acceptors (Lipinski definition) is 3. The standard InChI is InChI=1S/C31H26ClN3O3/c32-26-15-11-22(12-16-26)19-28(35-30(37)25-9-5-2-6-10-25)31(38)34-27-17-13-23(14-18-27)20-29(36)33-21-24-7-3-1-4-8-24/h1-19H,20-21H2,(H,33,36)(H,34,38)(H,35,37)/b28-19-. The number of carbonyl (C=O) groups excluding carboxylic acids is 3. The molecule has 0 radical (unpaired) electrons. The first-order chi connectivity index (χ1) is 18.5. The second-order valence-electron chi connectivity index (χ2n) is 8.52. The van der Waals surface area contributed by atoms with Gasteiger partial charge >= 0.3 is 0 Å². The zero-order chi connectivity index (χ0) is 26.7. The molecule has 0 aliphatic carbocycles. The predicted molar refractivity (Wildman–Crippen MR) is 150 cm³/mol. The van der Waals surface area contributed by atoms with Crippen LogP contribution in [0.2, 0.25) is 5.02 Å². The van der Waals surface area contributed by atoms with Crippen molar-refractivity contribution in [1.29, 1.82) is 0 Å². The first kappa shape index (κ1) is 26.4. The Balaban J connectivity index is 1.41. The minimum absolute atomic E-state index is 0.0746. The lowest BCUT2D eigenvalue weighted by molar-refractivity contribution is -0.120. The summed E-state index contributed by atoms with van der Waals surface area (Å²) in [4.78, 5) is 38.2. The second-order valence-corrected chi connectivity index (χ2v) is 8.96. The molecule has 4 aromatic carbocycles. The van der Waals surface area contributed by atoms with E-state index in [1.807, 2.05) is 36.4 Å². The monoisotopic (exact) mass is 523 g/mol. The Labute approximate surface area is 226 Å². The van der Waals surface area contributed by atoms with Gasteiger partial charge in [0.2, 0.25) is 5.91 Å². The molecule has 3 N–H and O–H groups in total. The van der Waals surface area contributed by atoms with E-state index in [2.05, 4.69) is 16.0 Å². The zero-order valence-electron chi connectivity index (χ0n) is 20.5. The first-order valence-corrected chi connectivity index (χ1v) is 12.4. The Kier molecular flexibility index (Phi) is 9.05. The molecule has 0 saturated carbocycles. The number of hydrogen-bond donors (Lipinski definition) is 3. The fraction of sp³-hybridized carbons (Fsp3) is 0.0645. The number of rotatable bonds is 9. The summed E-state index contributed by atoms with van der Waals surface area (Å²) in [6, 6.07) is 32.3. The Bertz CT molecular complexity index is 1420. The summed E-state index contributed by atoms with van der Waals surface area (Å²) < 4.78 is 0. The molecule has 0 aliphatic heterocycles. The first-order valence-electron chi connectivity index (χ1n) is 12.0. The van der Waals surface area contributed by atoms with Gasteiger partial charge in [0.1, 0.15) is 5.70 Å². The molecule has 3 amide bonds. The fourth-order valence-corrected chi connectivity index (χ4v) is 3.74. The number of carbonyl (C=O) groups is 3. The van der Waals surface area contributed by atoms with Gasteiger partial charge in [0.15, 0.2) is 0 Å². The topological polar surface area (TPSA) is 87.3 Å². The Morgan fingerprint density at radius 3 is 2.00 bits per heavy atom. The molecular weight excluding hydrogens is 498 g/mol. The molecule has 38 heavy (non-hydrogen) atoms. The molecule has 7 heteroatoms. The van der Waals surface area contributed by atoms with E-state index in [9.17, 15) is 14.4 Å². The third-order valence-corrected chi connectivity index (χ3v) is 5.87. The van der Waals surface area contributed by atoms with Crippen molar-refractivity contribution in [1.82, 2.24) is 10.6 Å². The lowest BCUT2D eigenvalue weighted by Gasteiger charge is -2.12. The molecule has 0 heterocycles. The van der Waals surface area contributed by atoms with Crippen molar-refractivity contribution >= 4 is 41.1 Å². The maximum absolute atomic E-state index is 13.1. The van der Waals surface area contributed by atoms with Gasteiger partial charge in [-0.3, -0.25) is 14.4 Å². The van der Waals surface area contributed by atoms with Gasteiger partial charge in [0, 0.05) is 22.8 Å². The van der Waals surface area contributed by atoms with Crippen molar-refractivity contribution in [3.05, 3.63) is 142 Å². The Hall–Kier alpha value is -4.68. The van der Waals surface area contributed by atoms with Crippen LogP contribution in [0.25, 0.3) is 6.08 Å². The van der Waals surface area contributed by atoms with Crippen molar-refractivity contribution in [3.8, 4) is 0 Å². The Morgan fingerprint density at radius 1 is 0.711 bits per heavy atom. The van der Waals surface area contributed by atoms with Crippen LogP contribution in [-0.2, 0) is 22.6 Å². The number of benzene rings is 4. The fourth-order valence-electron chi connectivity index (χ4n) is 3.62. The smallest absolute Gasteiger partial charge is 0.272 e. The van der Waals surface area contributed by atoms with E-state index in [-0.39, 0.29) is 18.0 Å². The molecule has 0 atom stereocenters. The maximum Gasteiger partial charge on any atom is 0.272 e. The van der Waals surface area contributed by atoms with E-state index >= 15 is 0 Å². The van der Waals surface area contributed by atoms with Crippen molar-refractivity contribution in [2.24, 2.45) is 0 Å². The molecule has 0 spiro atoms. The van der Waals surface area contributed by atoms with Crippen LogP contribution < -0.4 is 16.0 Å². The molecule has 0 aromatic heterocycles. The van der Waals surface area contributed by atoms with Gasteiger partial charge in [0.05, 0.1) is 6.42 Å². The highest BCUT2D eigenvalue weighted by molar-refractivity contribution is 6.30. The third kappa shape index (κ3) is 7.91.